The minimum Gasteiger partial charge on any atom is -0.342 e. The number of fused-ring (bicyclic) bond motifs is 2. The highest BCUT2D eigenvalue weighted by atomic mass is 35.5. The lowest BCUT2D eigenvalue weighted by atomic mass is 9.73. The van der Waals surface area contributed by atoms with Crippen LogP contribution in [0.2, 0.25) is 5.02 Å². The second-order valence-electron chi connectivity index (χ2n) is 15.3. The van der Waals surface area contributed by atoms with E-state index in [0.29, 0.717) is 46.1 Å². The van der Waals surface area contributed by atoms with Crippen molar-refractivity contribution in [2.24, 2.45) is 23.7 Å². The average molecular weight is 677 g/mol. The number of aromatic nitrogens is 2. The molecular weight excluding hydrogens is 627 g/mol. The average Bonchev–Trinajstić information content (AvgIpc) is 3.82. The standard InChI is InChI=1S/C38H50ClFN6O2/c1-6-34(26-12-31(13-26)45-20-28-18-44(24(4)47)19-29(28)21-45)43-10-9-25(17-43)11-27-22-46(36-16-41-15-33(39)37(27)36)35-8-7-30(40)14-32(35)38(48)42(5)23(2)3/h7-8,14-16,22-23,25-26,28-29,31,34H,6,9-13,17-21H2,1-5H3/t25-,26-,28+,29+,31-,34?/m0/s1. The van der Waals surface area contributed by atoms with Gasteiger partial charge in [0.05, 0.1) is 28.0 Å². The molecule has 2 aromatic heterocycles. The third-order valence-corrected chi connectivity index (χ3v) is 12.5. The fraction of sp³-hybridized carbons (Fsp3) is 0.605. The number of carbonyl (C=O) groups excluding carboxylic acids is 2. The van der Waals surface area contributed by atoms with Crippen molar-refractivity contribution >= 4 is 34.3 Å². The summed E-state index contributed by atoms with van der Waals surface area (Å²) in [5, 5.41) is 1.55. The van der Waals surface area contributed by atoms with Crippen LogP contribution in [-0.4, -0.2) is 105 Å². The number of amides is 2. The number of pyridine rings is 1. The van der Waals surface area contributed by atoms with Gasteiger partial charge in [0.2, 0.25) is 5.91 Å². The fourth-order valence-corrected chi connectivity index (χ4v) is 9.52. The van der Waals surface area contributed by atoms with Gasteiger partial charge in [-0.3, -0.25) is 24.4 Å². The summed E-state index contributed by atoms with van der Waals surface area (Å²) in [5.74, 6) is 2.12. The van der Waals surface area contributed by atoms with E-state index in [2.05, 4.69) is 27.9 Å². The van der Waals surface area contributed by atoms with Crippen molar-refractivity contribution in [1.29, 1.82) is 0 Å². The number of likely N-dealkylation sites (tertiary alicyclic amines) is 3. The molecule has 4 atom stereocenters. The predicted octanol–water partition coefficient (Wildman–Crippen LogP) is 6.13. The van der Waals surface area contributed by atoms with E-state index >= 15 is 0 Å². The topological polar surface area (TPSA) is 64.9 Å². The van der Waals surface area contributed by atoms with Crippen LogP contribution in [0.25, 0.3) is 16.6 Å². The highest BCUT2D eigenvalue weighted by Gasteiger charge is 2.47. The van der Waals surface area contributed by atoms with Gasteiger partial charge in [-0.1, -0.05) is 18.5 Å². The van der Waals surface area contributed by atoms with Crippen molar-refractivity contribution < 1.29 is 14.0 Å². The van der Waals surface area contributed by atoms with E-state index in [1.807, 2.05) is 23.3 Å². The smallest absolute Gasteiger partial charge is 0.256 e. The maximum Gasteiger partial charge on any atom is 0.256 e. The van der Waals surface area contributed by atoms with Gasteiger partial charge in [0.1, 0.15) is 5.82 Å². The molecule has 4 aliphatic rings. The van der Waals surface area contributed by atoms with Gasteiger partial charge in [-0.25, -0.2) is 4.39 Å². The van der Waals surface area contributed by atoms with E-state index in [0.717, 1.165) is 74.5 Å². The molecule has 0 spiro atoms. The summed E-state index contributed by atoms with van der Waals surface area (Å²) in [6.45, 7) is 14.3. The Morgan fingerprint density at radius 2 is 1.81 bits per heavy atom. The molecule has 2 amide bonds. The number of rotatable bonds is 9. The second-order valence-corrected chi connectivity index (χ2v) is 15.7. The van der Waals surface area contributed by atoms with Gasteiger partial charge >= 0.3 is 0 Å². The maximum atomic E-state index is 14.5. The normalized spacial score (nSPS) is 26.8. The first-order valence-electron chi connectivity index (χ1n) is 18.0. The van der Waals surface area contributed by atoms with Crippen LogP contribution in [0.3, 0.4) is 0 Å². The number of halogens is 2. The Hall–Kier alpha value is -3.01. The zero-order chi connectivity index (χ0) is 33.9. The molecule has 48 heavy (non-hydrogen) atoms. The Balaban J connectivity index is 1.04. The molecule has 5 heterocycles. The van der Waals surface area contributed by atoms with Crippen LogP contribution in [-0.2, 0) is 11.2 Å². The molecule has 258 valence electrons. The summed E-state index contributed by atoms with van der Waals surface area (Å²) in [4.78, 5) is 38.9. The lowest BCUT2D eigenvalue weighted by Gasteiger charge is -2.47. The van der Waals surface area contributed by atoms with Crippen LogP contribution in [0.15, 0.2) is 36.8 Å². The summed E-state index contributed by atoms with van der Waals surface area (Å²) < 4.78 is 16.5. The summed E-state index contributed by atoms with van der Waals surface area (Å²) >= 11 is 6.81. The Bertz CT molecular complexity index is 1670. The van der Waals surface area contributed by atoms with Gasteiger partial charge < -0.3 is 14.4 Å². The molecule has 3 saturated heterocycles. The van der Waals surface area contributed by atoms with E-state index in [4.69, 9.17) is 11.6 Å². The van der Waals surface area contributed by atoms with Crippen molar-refractivity contribution in [3.8, 4) is 5.69 Å². The van der Waals surface area contributed by atoms with Crippen molar-refractivity contribution in [1.82, 2.24) is 29.2 Å². The Kier molecular flexibility index (Phi) is 9.32. The fourth-order valence-electron chi connectivity index (χ4n) is 9.24. The highest BCUT2D eigenvalue weighted by Crippen LogP contribution is 2.43. The molecule has 1 aliphatic carbocycles. The SMILES string of the molecule is CCC([C@H]1C[C@H](N2C[C@H]3CN(C(C)=O)C[C@@H]3C2)C1)N1CC[C@@H](Cc2cn(-c3ccc(F)cc3C(=O)N(C)C(C)C)c3cncc(Cl)c23)C1. The first-order chi connectivity index (χ1) is 23.0. The lowest BCUT2D eigenvalue weighted by molar-refractivity contribution is -0.128. The monoisotopic (exact) mass is 676 g/mol. The summed E-state index contributed by atoms with van der Waals surface area (Å²) in [6.07, 6.45) is 11.4. The third-order valence-electron chi connectivity index (χ3n) is 12.2. The first-order valence-corrected chi connectivity index (χ1v) is 18.3. The molecule has 1 aromatic carbocycles. The van der Waals surface area contributed by atoms with Crippen LogP contribution >= 0.6 is 11.6 Å². The second kappa shape index (κ2) is 13.4. The molecule has 7 rings (SSSR count). The van der Waals surface area contributed by atoms with Gasteiger partial charge in [0.15, 0.2) is 0 Å². The predicted molar refractivity (Wildman–Crippen MR) is 188 cm³/mol. The van der Waals surface area contributed by atoms with Crippen LogP contribution in [0.1, 0.15) is 69.3 Å². The number of hydrogen-bond acceptors (Lipinski definition) is 5. The van der Waals surface area contributed by atoms with Crippen LogP contribution in [0, 0.1) is 29.5 Å². The number of hydrogen-bond donors (Lipinski definition) is 0. The van der Waals surface area contributed by atoms with Crippen LogP contribution in [0.4, 0.5) is 4.39 Å². The first kappa shape index (κ1) is 33.5. The third kappa shape index (κ3) is 6.15. The van der Waals surface area contributed by atoms with Crippen LogP contribution in [0.5, 0.6) is 0 Å². The minimum atomic E-state index is -0.439. The molecule has 3 aliphatic heterocycles. The van der Waals surface area contributed by atoms with Gasteiger partial charge in [0.25, 0.3) is 5.91 Å². The van der Waals surface area contributed by atoms with E-state index in [9.17, 15) is 14.0 Å². The van der Waals surface area contributed by atoms with Crippen molar-refractivity contribution in [2.75, 3.05) is 46.3 Å². The van der Waals surface area contributed by atoms with E-state index in [1.54, 1.807) is 37.3 Å². The van der Waals surface area contributed by atoms with Gasteiger partial charge in [-0.15, -0.1) is 0 Å². The van der Waals surface area contributed by atoms with Crippen molar-refractivity contribution in [3.05, 3.63) is 58.8 Å². The zero-order valence-corrected chi connectivity index (χ0v) is 29.8. The summed E-state index contributed by atoms with van der Waals surface area (Å²) in [5.41, 5.74) is 2.92. The number of benzene rings is 1. The Morgan fingerprint density at radius 3 is 2.48 bits per heavy atom. The molecule has 4 fully saturated rings. The molecule has 8 nitrogen and oxygen atoms in total. The number of nitrogens with zero attached hydrogens (tertiary/aromatic N) is 6. The van der Waals surface area contributed by atoms with E-state index in [-0.39, 0.29) is 17.9 Å². The quantitative estimate of drug-likeness (QED) is 0.273. The van der Waals surface area contributed by atoms with Crippen LogP contribution < -0.4 is 0 Å². The molecule has 10 heteroatoms. The lowest BCUT2D eigenvalue weighted by Crippen LogP contribution is -2.52. The maximum absolute atomic E-state index is 14.5. The molecular formula is C38H50ClFN6O2. The van der Waals surface area contributed by atoms with E-state index in [1.165, 1.54) is 31.4 Å². The zero-order valence-electron chi connectivity index (χ0n) is 29.0. The summed E-state index contributed by atoms with van der Waals surface area (Å²) in [7, 11) is 1.75. The molecule has 0 radical (unpaired) electrons. The van der Waals surface area contributed by atoms with Crippen molar-refractivity contribution in [3.63, 3.8) is 0 Å². The molecule has 1 saturated carbocycles. The summed E-state index contributed by atoms with van der Waals surface area (Å²) in [6, 6.07) is 5.72. The minimum absolute atomic E-state index is 0.0233. The van der Waals surface area contributed by atoms with E-state index < -0.39 is 5.82 Å². The molecule has 1 unspecified atom stereocenters. The molecule has 0 N–H and O–H groups in total. The highest BCUT2D eigenvalue weighted by molar-refractivity contribution is 6.35. The Labute approximate surface area is 289 Å². The molecule has 0 bridgehead atoms. The van der Waals surface area contributed by atoms with Gasteiger partial charge in [-0.2, -0.15) is 0 Å². The van der Waals surface area contributed by atoms with Gasteiger partial charge in [0, 0.05) is 82.6 Å². The van der Waals surface area contributed by atoms with Gasteiger partial charge in [-0.05, 0) is 99.9 Å². The molecule has 3 aromatic rings. The largest absolute Gasteiger partial charge is 0.342 e. The Morgan fingerprint density at radius 1 is 1.08 bits per heavy atom. The number of carbonyl (C=O) groups is 2. The van der Waals surface area contributed by atoms with Crippen molar-refractivity contribution in [2.45, 2.75) is 77.9 Å².